The first-order valence-electron chi connectivity index (χ1n) is 6.73. The molecule has 0 aromatic heterocycles. The van der Waals surface area contributed by atoms with Crippen molar-refractivity contribution in [2.24, 2.45) is 5.92 Å². The summed E-state index contributed by atoms with van der Waals surface area (Å²) in [7, 11) is -4.21. The van der Waals surface area contributed by atoms with Gasteiger partial charge in [0.2, 0.25) is 10.0 Å². The van der Waals surface area contributed by atoms with Crippen LogP contribution in [0.2, 0.25) is 0 Å². The number of hydrogen-bond acceptors (Lipinski definition) is 4. The van der Waals surface area contributed by atoms with E-state index in [1.54, 1.807) is 0 Å². The van der Waals surface area contributed by atoms with Crippen LogP contribution in [0.3, 0.4) is 0 Å². The number of halogens is 2. The van der Waals surface area contributed by atoms with E-state index in [-0.39, 0.29) is 18.2 Å². The quantitative estimate of drug-likeness (QED) is 0.731. The number of aliphatic hydroxyl groups excluding tert-OH is 1. The summed E-state index contributed by atoms with van der Waals surface area (Å²) in [6.07, 6.45) is 2.54. The molecule has 0 amide bonds. The lowest BCUT2D eigenvalue weighted by Gasteiger charge is -2.27. The second-order valence-electron chi connectivity index (χ2n) is 5.28. The predicted octanol–water partition coefficient (Wildman–Crippen LogP) is 1.38. The summed E-state index contributed by atoms with van der Waals surface area (Å²) in [4.78, 5) is -0.815. The zero-order valence-corrected chi connectivity index (χ0v) is 12.2. The molecular formula is C13H18F2N2O3S. The molecule has 0 radical (unpaired) electrons. The molecule has 4 N–H and O–H groups in total. The number of anilines is 1. The van der Waals surface area contributed by atoms with Gasteiger partial charge >= 0.3 is 0 Å². The zero-order valence-electron chi connectivity index (χ0n) is 11.4. The average Bonchev–Trinajstić information content (AvgIpc) is 2.42. The molecule has 0 saturated heterocycles. The van der Waals surface area contributed by atoms with E-state index in [9.17, 15) is 22.3 Å². The molecule has 2 atom stereocenters. The van der Waals surface area contributed by atoms with Gasteiger partial charge in [-0.15, -0.1) is 0 Å². The van der Waals surface area contributed by atoms with Gasteiger partial charge in [0.25, 0.3) is 0 Å². The van der Waals surface area contributed by atoms with E-state index in [2.05, 4.69) is 4.72 Å². The Morgan fingerprint density at radius 1 is 1.29 bits per heavy atom. The van der Waals surface area contributed by atoms with Crippen LogP contribution < -0.4 is 10.5 Å². The Morgan fingerprint density at radius 3 is 2.62 bits per heavy atom. The van der Waals surface area contributed by atoms with Gasteiger partial charge in [0, 0.05) is 12.2 Å². The first kappa shape index (κ1) is 16.1. The van der Waals surface area contributed by atoms with Crippen LogP contribution in [0.25, 0.3) is 0 Å². The van der Waals surface area contributed by atoms with Crippen LogP contribution in [0.1, 0.15) is 25.7 Å². The smallest absolute Gasteiger partial charge is 0.243 e. The number of nitrogen functional groups attached to an aromatic ring is 1. The molecule has 5 nitrogen and oxygen atoms in total. The van der Waals surface area contributed by atoms with E-state index >= 15 is 0 Å². The van der Waals surface area contributed by atoms with Crippen molar-refractivity contribution >= 4 is 15.7 Å². The Hall–Kier alpha value is -1.25. The molecule has 0 spiro atoms. The molecule has 1 saturated carbocycles. The summed E-state index contributed by atoms with van der Waals surface area (Å²) < 4.78 is 53.2. The maximum absolute atomic E-state index is 13.6. The molecule has 1 aromatic carbocycles. The molecule has 21 heavy (non-hydrogen) atoms. The van der Waals surface area contributed by atoms with E-state index in [1.165, 1.54) is 0 Å². The van der Waals surface area contributed by atoms with E-state index in [4.69, 9.17) is 5.73 Å². The molecule has 118 valence electrons. The normalized spacial score (nSPS) is 23.2. The minimum atomic E-state index is -4.21. The number of benzene rings is 1. The van der Waals surface area contributed by atoms with Crippen molar-refractivity contribution < 1.29 is 22.3 Å². The topological polar surface area (TPSA) is 92.4 Å². The monoisotopic (exact) mass is 320 g/mol. The van der Waals surface area contributed by atoms with E-state index < -0.39 is 32.7 Å². The average molecular weight is 320 g/mol. The van der Waals surface area contributed by atoms with Crippen LogP contribution in [0, 0.1) is 17.6 Å². The number of rotatable bonds is 4. The lowest BCUT2D eigenvalue weighted by molar-refractivity contribution is 0.0724. The third kappa shape index (κ3) is 3.69. The Bertz CT molecular complexity index is 622. The fraction of sp³-hybridized carbons (Fsp3) is 0.538. The van der Waals surface area contributed by atoms with Crippen molar-refractivity contribution in [2.75, 3.05) is 12.3 Å². The number of sulfonamides is 1. The van der Waals surface area contributed by atoms with Gasteiger partial charge in [-0.05, 0) is 30.9 Å². The molecule has 0 aliphatic heterocycles. The molecule has 1 aliphatic carbocycles. The molecule has 1 aromatic rings. The molecule has 8 heteroatoms. The zero-order chi connectivity index (χ0) is 15.6. The molecule has 0 heterocycles. The van der Waals surface area contributed by atoms with Gasteiger partial charge < -0.3 is 10.8 Å². The third-order valence-corrected chi connectivity index (χ3v) is 5.13. The fourth-order valence-electron chi connectivity index (χ4n) is 2.50. The number of nitrogens with one attached hydrogen (secondary N) is 1. The van der Waals surface area contributed by atoms with E-state index in [0.717, 1.165) is 25.0 Å². The first-order chi connectivity index (χ1) is 9.81. The lowest BCUT2D eigenvalue weighted by atomic mass is 9.87. The molecule has 0 bridgehead atoms. The maximum atomic E-state index is 13.6. The summed E-state index contributed by atoms with van der Waals surface area (Å²) in [6.45, 7) is -0.0145. The highest BCUT2D eigenvalue weighted by molar-refractivity contribution is 7.89. The van der Waals surface area contributed by atoms with Crippen LogP contribution in [-0.2, 0) is 10.0 Å². The first-order valence-corrected chi connectivity index (χ1v) is 8.22. The van der Waals surface area contributed by atoms with Crippen LogP contribution in [-0.4, -0.2) is 26.2 Å². The molecule has 1 aliphatic rings. The Balaban J connectivity index is 2.15. The van der Waals surface area contributed by atoms with Gasteiger partial charge in [-0.3, -0.25) is 0 Å². The predicted molar refractivity (Wildman–Crippen MR) is 73.9 cm³/mol. The van der Waals surface area contributed by atoms with Gasteiger partial charge in [-0.25, -0.2) is 21.9 Å². The Labute approximate surface area is 122 Å². The Morgan fingerprint density at radius 2 is 1.95 bits per heavy atom. The summed E-state index contributed by atoms with van der Waals surface area (Å²) in [5.74, 6) is -2.99. The van der Waals surface area contributed by atoms with Crippen molar-refractivity contribution in [1.82, 2.24) is 4.72 Å². The van der Waals surface area contributed by atoms with Gasteiger partial charge in [0.05, 0.1) is 6.10 Å². The van der Waals surface area contributed by atoms with Gasteiger partial charge in [0.15, 0.2) is 11.6 Å². The van der Waals surface area contributed by atoms with E-state index in [1.807, 2.05) is 0 Å². The summed E-state index contributed by atoms with van der Waals surface area (Å²) in [5.41, 5.74) is 5.17. The number of hydrogen-bond donors (Lipinski definition) is 3. The summed E-state index contributed by atoms with van der Waals surface area (Å²) in [6, 6.07) is 1.59. The van der Waals surface area contributed by atoms with Crippen molar-refractivity contribution in [3.05, 3.63) is 23.8 Å². The SMILES string of the molecule is Nc1cc(F)c(F)c(S(=O)(=O)NCC2CCCCC2O)c1. The van der Waals surface area contributed by atoms with Crippen LogP contribution in [0.5, 0.6) is 0 Å². The minimum absolute atomic E-state index is 0.0145. The molecular weight excluding hydrogens is 302 g/mol. The summed E-state index contributed by atoms with van der Waals surface area (Å²) >= 11 is 0. The van der Waals surface area contributed by atoms with Crippen molar-refractivity contribution in [2.45, 2.75) is 36.7 Å². The molecule has 1 fully saturated rings. The highest BCUT2D eigenvalue weighted by atomic mass is 32.2. The second kappa shape index (κ2) is 6.25. The second-order valence-corrected chi connectivity index (χ2v) is 7.01. The number of nitrogens with two attached hydrogens (primary N) is 1. The van der Waals surface area contributed by atoms with Crippen LogP contribution >= 0.6 is 0 Å². The highest BCUT2D eigenvalue weighted by Crippen LogP contribution is 2.25. The van der Waals surface area contributed by atoms with Gasteiger partial charge in [0.1, 0.15) is 4.90 Å². The third-order valence-electron chi connectivity index (χ3n) is 3.71. The van der Waals surface area contributed by atoms with Crippen molar-refractivity contribution in [3.8, 4) is 0 Å². The molecule has 2 rings (SSSR count). The van der Waals surface area contributed by atoms with Crippen LogP contribution in [0.4, 0.5) is 14.5 Å². The summed E-state index contributed by atoms with van der Waals surface area (Å²) in [5, 5.41) is 9.79. The van der Waals surface area contributed by atoms with E-state index in [0.29, 0.717) is 12.8 Å². The van der Waals surface area contributed by atoms with Crippen LogP contribution in [0.15, 0.2) is 17.0 Å². The van der Waals surface area contributed by atoms with Crippen molar-refractivity contribution in [1.29, 1.82) is 0 Å². The minimum Gasteiger partial charge on any atom is -0.399 e. The lowest BCUT2D eigenvalue weighted by Crippen LogP contribution is -2.37. The highest BCUT2D eigenvalue weighted by Gasteiger charge is 2.27. The fourth-order valence-corrected chi connectivity index (χ4v) is 3.71. The molecule has 2 unspecified atom stereocenters. The largest absolute Gasteiger partial charge is 0.399 e. The Kier molecular flexibility index (Phi) is 4.80. The van der Waals surface area contributed by atoms with Crippen molar-refractivity contribution in [3.63, 3.8) is 0 Å². The standard InChI is InChI=1S/C13H18F2N2O3S/c14-10-5-9(16)6-12(13(10)15)21(19,20)17-7-8-3-1-2-4-11(8)18/h5-6,8,11,17-18H,1-4,7,16H2. The van der Waals surface area contributed by atoms with Gasteiger partial charge in [-0.2, -0.15) is 0 Å². The maximum Gasteiger partial charge on any atom is 0.243 e. The van der Waals surface area contributed by atoms with Gasteiger partial charge in [-0.1, -0.05) is 12.8 Å². The number of aliphatic hydroxyl groups is 1.